The summed E-state index contributed by atoms with van der Waals surface area (Å²) < 4.78 is 33.7. The Balaban J connectivity index is 1.34. The zero-order valence-electron chi connectivity index (χ0n) is 25.1. The lowest BCUT2D eigenvalue weighted by Crippen LogP contribution is -2.17. The number of anilines is 2. The smallest absolute Gasteiger partial charge is 0.279 e. The van der Waals surface area contributed by atoms with Gasteiger partial charge in [-0.05, 0) is 77.9 Å². The van der Waals surface area contributed by atoms with E-state index in [0.717, 1.165) is 17.1 Å². The van der Waals surface area contributed by atoms with Crippen molar-refractivity contribution >= 4 is 34.5 Å². The van der Waals surface area contributed by atoms with Gasteiger partial charge in [-0.3, -0.25) is 4.79 Å². The van der Waals surface area contributed by atoms with Crippen LogP contribution in [0.15, 0.2) is 121 Å². The number of amides is 1. The van der Waals surface area contributed by atoms with E-state index in [0.29, 0.717) is 51.9 Å². The molecule has 2 heterocycles. The van der Waals surface area contributed by atoms with Gasteiger partial charge in [0.25, 0.3) is 5.91 Å². The average molecular weight is 616 g/mol. The largest absolute Gasteiger partial charge is 0.497 e. The summed E-state index contributed by atoms with van der Waals surface area (Å²) in [6, 6.07) is 33.4. The summed E-state index contributed by atoms with van der Waals surface area (Å²) in [7, 11) is 3.00. The summed E-state index contributed by atoms with van der Waals surface area (Å²) in [6.45, 7) is 0.435. The molecule has 0 saturated carbocycles. The number of para-hydroxylation sites is 1. The number of hydrogen-bond acceptors (Lipinski definition) is 7. The highest BCUT2D eigenvalue weighted by atomic mass is 19.1. The van der Waals surface area contributed by atoms with Gasteiger partial charge in [0.05, 0.1) is 13.7 Å². The number of rotatable bonds is 11. The Hall–Kier alpha value is -6.16. The second kappa shape index (κ2) is 13.6. The van der Waals surface area contributed by atoms with Crippen LogP contribution in [-0.2, 0) is 11.3 Å². The normalized spacial score (nSPS) is 11.2. The number of carbonyl (C=O) groups is 1. The number of halogens is 1. The van der Waals surface area contributed by atoms with Gasteiger partial charge in [-0.2, -0.15) is 5.10 Å². The Bertz CT molecular complexity index is 1990. The molecule has 0 saturated heterocycles. The fourth-order valence-electron chi connectivity index (χ4n) is 4.76. The molecule has 0 atom stereocenters. The fraction of sp³-hybridized carbons (Fsp3) is 0.0833. The minimum atomic E-state index is -0.894. The van der Waals surface area contributed by atoms with Crippen LogP contribution in [0.1, 0.15) is 11.1 Å². The quantitative estimate of drug-likeness (QED) is 0.143. The van der Waals surface area contributed by atoms with Crippen LogP contribution in [0.2, 0.25) is 0 Å². The summed E-state index contributed by atoms with van der Waals surface area (Å²) in [4.78, 5) is 16.4. The molecule has 0 aliphatic carbocycles. The molecule has 6 rings (SSSR count). The van der Waals surface area contributed by atoms with E-state index in [1.54, 1.807) is 42.3 Å². The van der Waals surface area contributed by atoms with Gasteiger partial charge < -0.3 is 24.8 Å². The van der Waals surface area contributed by atoms with E-state index in [1.807, 2.05) is 84.9 Å². The molecule has 2 aromatic heterocycles. The maximum atomic E-state index is 14.3. The van der Waals surface area contributed by atoms with E-state index in [-0.39, 0.29) is 0 Å². The van der Waals surface area contributed by atoms with Gasteiger partial charge in [-0.25, -0.2) is 14.1 Å². The van der Waals surface area contributed by atoms with Crippen LogP contribution < -0.4 is 24.8 Å². The van der Waals surface area contributed by atoms with Gasteiger partial charge in [0, 0.05) is 25.0 Å². The van der Waals surface area contributed by atoms with Crippen molar-refractivity contribution in [2.45, 2.75) is 6.54 Å². The van der Waals surface area contributed by atoms with Crippen molar-refractivity contribution in [2.24, 2.45) is 0 Å². The number of hydrogen-bond donors (Lipinski definition) is 2. The van der Waals surface area contributed by atoms with Gasteiger partial charge >= 0.3 is 0 Å². The van der Waals surface area contributed by atoms with E-state index in [2.05, 4.69) is 15.6 Å². The molecule has 10 heteroatoms. The number of carbonyl (C=O) groups excluding carboxylic acids is 1. The lowest BCUT2D eigenvalue weighted by molar-refractivity contribution is -0.118. The molecule has 0 fully saturated rings. The summed E-state index contributed by atoms with van der Waals surface area (Å²) in [5.74, 6) is 2.10. The van der Waals surface area contributed by atoms with Crippen molar-refractivity contribution in [1.82, 2.24) is 20.1 Å². The first-order valence-electron chi connectivity index (χ1n) is 14.4. The monoisotopic (exact) mass is 615 g/mol. The van der Waals surface area contributed by atoms with Crippen molar-refractivity contribution < 1.29 is 23.4 Å². The molecule has 0 radical (unpaired) electrons. The molecular weight excluding hydrogens is 585 g/mol. The number of benzene rings is 4. The third-order valence-corrected chi connectivity index (χ3v) is 7.00. The van der Waals surface area contributed by atoms with Crippen molar-refractivity contribution in [2.75, 3.05) is 19.5 Å². The molecule has 2 N–H and O–H groups in total. The molecule has 46 heavy (non-hydrogen) atoms. The standard InChI is InChI=1S/C36H30FN5O4/c1-38-36(43)31(37)22-25-7-6-8-26(21-25)40-34-33-32(46-30-17-15-29(16-18-30)45-28-9-4-3-5-10-28)19-20-39-35(33)42(41-34)23-24-11-13-27(44-2)14-12-24/h3-22H,23H2,1-2H3,(H,38,43)(H,40,41). The van der Waals surface area contributed by atoms with Crippen molar-refractivity contribution in [3.8, 4) is 28.7 Å². The molecule has 230 valence electrons. The summed E-state index contributed by atoms with van der Waals surface area (Å²) in [6.07, 6.45) is 2.85. The molecular formula is C36H30FN5O4. The first-order valence-corrected chi connectivity index (χ1v) is 14.4. The van der Waals surface area contributed by atoms with E-state index in [1.165, 1.54) is 13.1 Å². The van der Waals surface area contributed by atoms with Crippen LogP contribution in [0, 0.1) is 0 Å². The summed E-state index contributed by atoms with van der Waals surface area (Å²) in [5.41, 5.74) is 2.73. The number of ether oxygens (including phenoxy) is 3. The maximum absolute atomic E-state index is 14.3. The van der Waals surface area contributed by atoms with Crippen LogP contribution in [-0.4, -0.2) is 34.8 Å². The Morgan fingerprint density at radius 1 is 0.848 bits per heavy atom. The van der Waals surface area contributed by atoms with Crippen LogP contribution in [0.25, 0.3) is 17.1 Å². The number of aromatic nitrogens is 3. The Morgan fingerprint density at radius 2 is 1.54 bits per heavy atom. The molecule has 0 aliphatic rings. The topological polar surface area (TPSA) is 99.5 Å². The highest BCUT2D eigenvalue weighted by molar-refractivity contribution is 5.96. The second-order valence-corrected chi connectivity index (χ2v) is 10.2. The minimum Gasteiger partial charge on any atom is -0.497 e. The van der Waals surface area contributed by atoms with Crippen LogP contribution >= 0.6 is 0 Å². The SMILES string of the molecule is CNC(=O)C(F)=Cc1cccc(Nc2nn(Cc3ccc(OC)cc3)c3nccc(Oc4ccc(Oc5ccccc5)cc4)c23)c1. The third-order valence-electron chi connectivity index (χ3n) is 7.00. The average Bonchev–Trinajstić information content (AvgIpc) is 3.43. The Morgan fingerprint density at radius 3 is 2.26 bits per heavy atom. The van der Waals surface area contributed by atoms with Gasteiger partial charge in [-0.1, -0.05) is 42.5 Å². The van der Waals surface area contributed by atoms with E-state index in [4.69, 9.17) is 19.3 Å². The third kappa shape index (κ3) is 6.97. The molecule has 0 unspecified atom stereocenters. The summed E-state index contributed by atoms with van der Waals surface area (Å²) in [5, 5.41) is 11.2. The Kier molecular flexibility index (Phi) is 8.87. The van der Waals surface area contributed by atoms with Crippen LogP contribution in [0.5, 0.6) is 28.7 Å². The predicted molar refractivity (Wildman–Crippen MR) is 176 cm³/mol. The lowest BCUT2D eigenvalue weighted by atomic mass is 10.1. The first-order chi connectivity index (χ1) is 22.5. The number of methoxy groups -OCH3 is 1. The number of fused-ring (bicyclic) bond motifs is 1. The van der Waals surface area contributed by atoms with Crippen LogP contribution in [0.3, 0.4) is 0 Å². The predicted octanol–water partition coefficient (Wildman–Crippen LogP) is 7.87. The van der Waals surface area contributed by atoms with Crippen molar-refractivity contribution in [1.29, 1.82) is 0 Å². The van der Waals surface area contributed by atoms with Gasteiger partial charge in [0.15, 0.2) is 17.3 Å². The molecule has 0 bridgehead atoms. The zero-order valence-corrected chi connectivity index (χ0v) is 25.1. The number of pyridine rings is 1. The van der Waals surface area contributed by atoms with Gasteiger partial charge in [0.2, 0.25) is 0 Å². The highest BCUT2D eigenvalue weighted by Crippen LogP contribution is 2.36. The van der Waals surface area contributed by atoms with Crippen molar-refractivity contribution in [3.63, 3.8) is 0 Å². The summed E-state index contributed by atoms with van der Waals surface area (Å²) >= 11 is 0. The molecule has 1 amide bonds. The zero-order chi connectivity index (χ0) is 31.9. The first kappa shape index (κ1) is 29.9. The number of likely N-dealkylation sites (N-methyl/N-ethyl adjacent to an activating group) is 1. The molecule has 4 aromatic carbocycles. The van der Waals surface area contributed by atoms with E-state index >= 15 is 0 Å². The minimum absolute atomic E-state index is 0.435. The molecule has 0 spiro atoms. The molecule has 9 nitrogen and oxygen atoms in total. The highest BCUT2D eigenvalue weighted by Gasteiger charge is 2.18. The van der Waals surface area contributed by atoms with E-state index < -0.39 is 11.7 Å². The lowest BCUT2D eigenvalue weighted by Gasteiger charge is -2.10. The molecule has 0 aliphatic heterocycles. The van der Waals surface area contributed by atoms with Gasteiger partial charge in [-0.15, -0.1) is 0 Å². The second-order valence-electron chi connectivity index (χ2n) is 10.2. The Labute approximate surface area is 264 Å². The number of nitrogens with one attached hydrogen (secondary N) is 2. The number of nitrogens with zero attached hydrogens (tertiary/aromatic N) is 3. The molecule has 6 aromatic rings. The van der Waals surface area contributed by atoms with Crippen LogP contribution in [0.4, 0.5) is 15.9 Å². The van der Waals surface area contributed by atoms with E-state index in [9.17, 15) is 9.18 Å². The van der Waals surface area contributed by atoms with Crippen molar-refractivity contribution in [3.05, 3.63) is 132 Å². The maximum Gasteiger partial charge on any atom is 0.279 e. The van der Waals surface area contributed by atoms with Gasteiger partial charge in [0.1, 0.15) is 34.1 Å². The fourth-order valence-corrected chi connectivity index (χ4v) is 4.76.